The van der Waals surface area contributed by atoms with Crippen molar-refractivity contribution in [1.82, 2.24) is 0 Å². The highest BCUT2D eigenvalue weighted by atomic mass is 16.8. The molecule has 0 saturated carbocycles. The van der Waals surface area contributed by atoms with Crippen molar-refractivity contribution in [3.8, 4) is 0 Å². The number of allylic oxidation sites excluding steroid dienone is 1. The Labute approximate surface area is 97.8 Å². The lowest BCUT2D eigenvalue weighted by atomic mass is 9.97. The van der Waals surface area contributed by atoms with Gasteiger partial charge in [0.15, 0.2) is 6.29 Å². The fourth-order valence-corrected chi connectivity index (χ4v) is 1.80. The summed E-state index contributed by atoms with van der Waals surface area (Å²) in [6.07, 6.45) is -8.02. The Kier molecular flexibility index (Phi) is 3.39. The van der Waals surface area contributed by atoms with Crippen LogP contribution in [0.25, 0.3) is 0 Å². The van der Waals surface area contributed by atoms with E-state index in [1.807, 2.05) is 0 Å². The van der Waals surface area contributed by atoms with Crippen molar-refractivity contribution in [3.63, 3.8) is 0 Å². The molecule has 7 heteroatoms. The van der Waals surface area contributed by atoms with E-state index in [2.05, 4.69) is 6.58 Å². The van der Waals surface area contributed by atoms with E-state index in [1.165, 1.54) is 0 Å². The summed E-state index contributed by atoms with van der Waals surface area (Å²) < 4.78 is 15.1. The molecule has 98 valence electrons. The van der Waals surface area contributed by atoms with E-state index in [0.29, 0.717) is 5.76 Å². The predicted molar refractivity (Wildman–Crippen MR) is 53.5 cm³/mol. The van der Waals surface area contributed by atoms with Crippen LogP contribution in [0.3, 0.4) is 0 Å². The van der Waals surface area contributed by atoms with Crippen LogP contribution in [0, 0.1) is 0 Å². The highest BCUT2D eigenvalue weighted by Gasteiger charge is 2.55. The van der Waals surface area contributed by atoms with Crippen LogP contribution >= 0.6 is 0 Å². The normalized spacial score (nSPS) is 49.8. The van der Waals surface area contributed by atoms with Gasteiger partial charge in [0.25, 0.3) is 0 Å². The molecule has 0 spiro atoms. The molecular formula is C10H16O7. The van der Waals surface area contributed by atoms with Crippen LogP contribution in [-0.2, 0) is 14.2 Å². The van der Waals surface area contributed by atoms with Gasteiger partial charge in [-0.25, -0.2) is 0 Å². The third-order valence-electron chi connectivity index (χ3n) is 2.75. The fraction of sp³-hybridized carbons (Fsp3) is 0.800. The molecule has 2 fully saturated rings. The molecule has 0 aromatic carbocycles. The number of ether oxygens (including phenoxy) is 3. The lowest BCUT2D eigenvalue weighted by Crippen LogP contribution is -2.59. The second-order valence-electron chi connectivity index (χ2n) is 4.25. The Bertz CT molecular complexity index is 307. The van der Waals surface area contributed by atoms with Gasteiger partial charge in [0, 0.05) is 0 Å². The second-order valence-corrected chi connectivity index (χ2v) is 4.25. The van der Waals surface area contributed by atoms with Crippen molar-refractivity contribution in [2.24, 2.45) is 0 Å². The first kappa shape index (κ1) is 12.7. The van der Waals surface area contributed by atoms with Gasteiger partial charge in [0.1, 0.15) is 30.5 Å². The van der Waals surface area contributed by atoms with E-state index < -0.39 is 43.1 Å². The summed E-state index contributed by atoms with van der Waals surface area (Å²) in [6, 6.07) is 0. The molecule has 7 nitrogen and oxygen atoms in total. The van der Waals surface area contributed by atoms with Crippen LogP contribution in [-0.4, -0.2) is 63.5 Å². The van der Waals surface area contributed by atoms with Crippen LogP contribution in [0.5, 0.6) is 0 Å². The molecular weight excluding hydrogens is 232 g/mol. The topological polar surface area (TPSA) is 112 Å². The highest BCUT2D eigenvalue weighted by Crippen LogP contribution is 2.33. The molecule has 3 unspecified atom stereocenters. The van der Waals surface area contributed by atoms with E-state index in [9.17, 15) is 15.3 Å². The van der Waals surface area contributed by atoms with Crippen molar-refractivity contribution >= 4 is 0 Å². The van der Waals surface area contributed by atoms with E-state index in [4.69, 9.17) is 19.3 Å². The van der Waals surface area contributed by atoms with Crippen molar-refractivity contribution < 1.29 is 34.6 Å². The van der Waals surface area contributed by atoms with Gasteiger partial charge in [-0.1, -0.05) is 6.58 Å². The van der Waals surface area contributed by atoms with Crippen LogP contribution in [0.15, 0.2) is 12.3 Å². The zero-order chi connectivity index (χ0) is 12.7. The number of hydrogen-bond acceptors (Lipinski definition) is 7. The quantitative estimate of drug-likeness (QED) is 0.339. The summed E-state index contributed by atoms with van der Waals surface area (Å²) in [6.45, 7) is 5.05. The monoisotopic (exact) mass is 248 g/mol. The van der Waals surface area contributed by atoms with Gasteiger partial charge in [-0.2, -0.15) is 0 Å². The molecule has 2 saturated heterocycles. The van der Waals surface area contributed by atoms with E-state index in [0.717, 1.165) is 0 Å². The van der Waals surface area contributed by atoms with Gasteiger partial charge >= 0.3 is 0 Å². The molecule has 2 heterocycles. The van der Waals surface area contributed by atoms with E-state index in [-0.39, 0.29) is 0 Å². The third-order valence-corrected chi connectivity index (χ3v) is 2.75. The van der Waals surface area contributed by atoms with Crippen molar-refractivity contribution in [3.05, 3.63) is 12.3 Å². The molecule has 2 aliphatic heterocycles. The average molecular weight is 248 g/mol. The van der Waals surface area contributed by atoms with Crippen molar-refractivity contribution in [1.29, 1.82) is 0 Å². The van der Waals surface area contributed by atoms with Gasteiger partial charge in [-0.15, -0.1) is 0 Å². The third kappa shape index (κ3) is 2.44. The zero-order valence-electron chi connectivity index (χ0n) is 9.26. The largest absolute Gasteiger partial charge is 0.467 e. The zero-order valence-corrected chi connectivity index (χ0v) is 9.26. The van der Waals surface area contributed by atoms with Crippen LogP contribution < -0.4 is 0 Å². The van der Waals surface area contributed by atoms with Gasteiger partial charge in [-0.3, -0.25) is 0 Å². The number of rotatable bonds is 3. The molecule has 0 amide bonds. The molecule has 4 N–H and O–H groups in total. The summed E-state index contributed by atoms with van der Waals surface area (Å²) in [4.78, 5) is 0. The Morgan fingerprint density at radius 2 is 1.59 bits per heavy atom. The van der Waals surface area contributed by atoms with Crippen LogP contribution in [0.2, 0.25) is 0 Å². The fourth-order valence-electron chi connectivity index (χ4n) is 1.80. The maximum atomic E-state index is 9.68. The maximum Gasteiger partial charge on any atom is 0.228 e. The van der Waals surface area contributed by atoms with Crippen LogP contribution in [0.1, 0.15) is 6.92 Å². The van der Waals surface area contributed by atoms with Crippen molar-refractivity contribution in [2.45, 2.75) is 50.0 Å². The molecule has 0 radical (unpaired) electrons. The molecule has 17 heavy (non-hydrogen) atoms. The first-order chi connectivity index (χ1) is 7.91. The Balaban J connectivity index is 2.06. The molecule has 0 aromatic rings. The first-order valence-electron chi connectivity index (χ1n) is 5.27. The SMILES string of the molecule is C=C(C)OC1O[C@H](C2OC2O)[C@@H](O)[C@H](O)[C@H]1O. The van der Waals surface area contributed by atoms with Gasteiger partial charge in [0.05, 0.1) is 5.76 Å². The minimum absolute atomic E-state index is 0.300. The number of aliphatic hydroxyl groups is 4. The predicted octanol–water partition coefficient (Wildman–Crippen LogP) is -1.94. The Morgan fingerprint density at radius 3 is 2.06 bits per heavy atom. The second kappa shape index (κ2) is 4.52. The minimum Gasteiger partial charge on any atom is -0.467 e. The molecule has 0 bridgehead atoms. The molecule has 7 atom stereocenters. The number of epoxide rings is 1. The lowest BCUT2D eigenvalue weighted by Gasteiger charge is -2.39. The van der Waals surface area contributed by atoms with Crippen molar-refractivity contribution in [2.75, 3.05) is 0 Å². The van der Waals surface area contributed by atoms with Gasteiger partial charge < -0.3 is 34.6 Å². The number of aliphatic hydroxyl groups excluding tert-OH is 4. The highest BCUT2D eigenvalue weighted by molar-refractivity contribution is 4.98. The number of hydrogen-bond donors (Lipinski definition) is 4. The Hall–Kier alpha value is -0.700. The average Bonchev–Trinajstić information content (AvgIpc) is 2.96. The van der Waals surface area contributed by atoms with Gasteiger partial charge in [-0.05, 0) is 6.92 Å². The summed E-state index contributed by atoms with van der Waals surface area (Å²) in [5, 5.41) is 38.1. The lowest BCUT2D eigenvalue weighted by molar-refractivity contribution is -0.289. The minimum atomic E-state index is -1.44. The molecule has 0 aliphatic carbocycles. The van der Waals surface area contributed by atoms with E-state index in [1.54, 1.807) is 6.92 Å². The maximum absolute atomic E-state index is 9.68. The summed E-state index contributed by atoms with van der Waals surface area (Å²) in [5.74, 6) is 0.300. The van der Waals surface area contributed by atoms with E-state index >= 15 is 0 Å². The summed E-state index contributed by atoms with van der Waals surface area (Å²) in [7, 11) is 0. The standard InChI is InChI=1S/C10H16O7/c1-3(2)15-10-6(13)4(11)5(12)7(17-10)8-9(14)16-8/h4-14H,1H2,2H3/t4-,5-,6+,7-,8?,9?,10?/m0/s1. The van der Waals surface area contributed by atoms with Crippen LogP contribution in [0.4, 0.5) is 0 Å². The molecule has 2 aliphatic rings. The van der Waals surface area contributed by atoms with Gasteiger partial charge in [0.2, 0.25) is 6.29 Å². The smallest absolute Gasteiger partial charge is 0.228 e. The Morgan fingerprint density at radius 1 is 1.00 bits per heavy atom. The summed E-state index contributed by atoms with van der Waals surface area (Å²) >= 11 is 0. The molecule has 0 aromatic heterocycles. The first-order valence-corrected chi connectivity index (χ1v) is 5.27. The summed E-state index contributed by atoms with van der Waals surface area (Å²) in [5.41, 5.74) is 0. The molecule has 2 rings (SSSR count).